The van der Waals surface area contributed by atoms with Crippen LogP contribution < -0.4 is 0 Å². The fourth-order valence-electron chi connectivity index (χ4n) is 4.11. The summed E-state index contributed by atoms with van der Waals surface area (Å²) in [5, 5.41) is 0. The van der Waals surface area contributed by atoms with E-state index >= 15 is 0 Å². The number of benzene rings is 2. The lowest BCUT2D eigenvalue weighted by Gasteiger charge is -2.18. The lowest BCUT2D eigenvalue weighted by molar-refractivity contribution is -0.125. The van der Waals surface area contributed by atoms with Crippen molar-refractivity contribution >= 4 is 11.6 Å². The normalized spacial score (nSPS) is 18.3. The van der Waals surface area contributed by atoms with Crippen LogP contribution in [0.2, 0.25) is 0 Å². The summed E-state index contributed by atoms with van der Waals surface area (Å²) in [5.74, 6) is 0.618. The molecule has 0 fully saturated rings. The lowest BCUT2D eigenvalue weighted by Crippen LogP contribution is -2.25. The summed E-state index contributed by atoms with van der Waals surface area (Å²) in [5.41, 5.74) is 5.12. The Morgan fingerprint density at radius 3 is 1.04 bits per heavy atom. The molecule has 0 amide bonds. The molecule has 0 saturated heterocycles. The van der Waals surface area contributed by atoms with E-state index in [0.717, 1.165) is 25.7 Å². The van der Waals surface area contributed by atoms with Crippen molar-refractivity contribution < 1.29 is 9.59 Å². The van der Waals surface area contributed by atoms with E-state index in [1.165, 1.54) is 22.3 Å². The molecular weight excluding hydrogens is 320 g/mol. The molecule has 0 spiro atoms. The van der Waals surface area contributed by atoms with Gasteiger partial charge in [-0.05, 0) is 61.8 Å². The highest BCUT2D eigenvalue weighted by Crippen LogP contribution is 2.37. The van der Waals surface area contributed by atoms with Crippen LogP contribution in [0.25, 0.3) is 0 Å². The predicted molar refractivity (Wildman–Crippen MR) is 105 cm³/mol. The molecule has 0 atom stereocenters. The van der Waals surface area contributed by atoms with E-state index in [1.807, 2.05) is 24.3 Å². The average molecular weight is 348 g/mol. The molecule has 2 heteroatoms. The molecule has 0 bridgehead atoms. The number of rotatable bonds is 2. The van der Waals surface area contributed by atoms with Crippen molar-refractivity contribution in [3.8, 4) is 0 Å². The van der Waals surface area contributed by atoms with Crippen molar-refractivity contribution in [1.29, 1.82) is 0 Å². The van der Waals surface area contributed by atoms with Crippen LogP contribution >= 0.6 is 0 Å². The van der Waals surface area contributed by atoms with Gasteiger partial charge >= 0.3 is 0 Å². The van der Waals surface area contributed by atoms with Gasteiger partial charge < -0.3 is 0 Å². The summed E-state index contributed by atoms with van der Waals surface area (Å²) in [7, 11) is 0. The van der Waals surface area contributed by atoms with Crippen molar-refractivity contribution in [2.75, 3.05) is 0 Å². The fourth-order valence-corrected chi connectivity index (χ4v) is 4.11. The monoisotopic (exact) mass is 348 g/mol. The number of carbonyl (C=O) groups excluding carboxylic acids is 2. The van der Waals surface area contributed by atoms with E-state index < -0.39 is 0 Å². The molecule has 0 aromatic heterocycles. The molecule has 2 aliphatic rings. The molecule has 2 aromatic carbocycles. The summed E-state index contributed by atoms with van der Waals surface area (Å²) in [6.45, 7) is 7.53. The minimum absolute atomic E-state index is 0.135. The highest BCUT2D eigenvalue weighted by molar-refractivity contribution is 5.84. The Morgan fingerprint density at radius 1 is 0.615 bits per heavy atom. The van der Waals surface area contributed by atoms with E-state index in [0.29, 0.717) is 11.6 Å². The van der Waals surface area contributed by atoms with E-state index in [1.54, 1.807) is 13.8 Å². The molecule has 4 rings (SSSR count). The highest BCUT2D eigenvalue weighted by atomic mass is 16.1. The third-order valence-electron chi connectivity index (χ3n) is 6.26. The van der Waals surface area contributed by atoms with Gasteiger partial charge in [-0.3, -0.25) is 9.59 Å². The van der Waals surface area contributed by atoms with Gasteiger partial charge in [-0.2, -0.15) is 0 Å². The second-order valence-electron chi connectivity index (χ2n) is 8.48. The van der Waals surface area contributed by atoms with Gasteiger partial charge in [-0.25, -0.2) is 0 Å². The SMILES string of the molecule is CC(=O)C1(C)Cc2ccccc2C1.CC(=O)C1(C)Cc2ccccc2C1. The summed E-state index contributed by atoms with van der Waals surface area (Å²) in [4.78, 5) is 22.9. The summed E-state index contributed by atoms with van der Waals surface area (Å²) in [6.07, 6.45) is 3.66. The molecule has 136 valence electrons. The molecule has 2 aliphatic carbocycles. The molecule has 0 heterocycles. The van der Waals surface area contributed by atoms with Gasteiger partial charge in [0.1, 0.15) is 11.6 Å². The smallest absolute Gasteiger partial charge is 0.136 e. The maximum Gasteiger partial charge on any atom is 0.136 e. The summed E-state index contributed by atoms with van der Waals surface area (Å²) >= 11 is 0. The van der Waals surface area contributed by atoms with Gasteiger partial charge in [0.15, 0.2) is 0 Å². The van der Waals surface area contributed by atoms with E-state index in [2.05, 4.69) is 38.1 Å². The third kappa shape index (κ3) is 3.51. The van der Waals surface area contributed by atoms with Crippen molar-refractivity contribution in [2.45, 2.75) is 53.4 Å². The first-order valence-electron chi connectivity index (χ1n) is 9.39. The Labute approximate surface area is 156 Å². The highest BCUT2D eigenvalue weighted by Gasteiger charge is 2.37. The maximum absolute atomic E-state index is 11.4. The molecule has 2 nitrogen and oxygen atoms in total. The number of ketones is 2. The minimum Gasteiger partial charge on any atom is -0.299 e. The van der Waals surface area contributed by atoms with Gasteiger partial charge in [0.05, 0.1) is 0 Å². The van der Waals surface area contributed by atoms with Crippen molar-refractivity contribution in [2.24, 2.45) is 10.8 Å². The van der Waals surface area contributed by atoms with Gasteiger partial charge in [-0.15, -0.1) is 0 Å². The van der Waals surface area contributed by atoms with Crippen LogP contribution in [0, 0.1) is 10.8 Å². The molecule has 0 saturated carbocycles. The van der Waals surface area contributed by atoms with Crippen molar-refractivity contribution in [1.82, 2.24) is 0 Å². The van der Waals surface area contributed by atoms with Crippen LogP contribution in [-0.4, -0.2) is 11.6 Å². The number of hydrogen-bond donors (Lipinski definition) is 0. The quantitative estimate of drug-likeness (QED) is 0.784. The Hall–Kier alpha value is -2.22. The van der Waals surface area contributed by atoms with E-state index in [4.69, 9.17) is 0 Å². The van der Waals surface area contributed by atoms with Crippen LogP contribution in [0.3, 0.4) is 0 Å². The Bertz CT molecular complexity index is 725. The van der Waals surface area contributed by atoms with Gasteiger partial charge in [0.2, 0.25) is 0 Å². The minimum atomic E-state index is -0.135. The third-order valence-corrected chi connectivity index (χ3v) is 6.26. The second-order valence-corrected chi connectivity index (χ2v) is 8.48. The van der Waals surface area contributed by atoms with Gasteiger partial charge in [0, 0.05) is 10.8 Å². The summed E-state index contributed by atoms with van der Waals surface area (Å²) in [6, 6.07) is 16.7. The van der Waals surface area contributed by atoms with Gasteiger partial charge in [0.25, 0.3) is 0 Å². The fraction of sp³-hybridized carbons (Fsp3) is 0.417. The first-order valence-corrected chi connectivity index (χ1v) is 9.39. The van der Waals surface area contributed by atoms with Crippen molar-refractivity contribution in [3.05, 3.63) is 70.8 Å². The van der Waals surface area contributed by atoms with Crippen LogP contribution in [0.15, 0.2) is 48.5 Å². The molecular formula is C24H28O2. The zero-order chi connectivity index (χ0) is 18.9. The number of hydrogen-bond acceptors (Lipinski definition) is 2. The van der Waals surface area contributed by atoms with Crippen LogP contribution in [0.4, 0.5) is 0 Å². The largest absolute Gasteiger partial charge is 0.299 e. The molecule has 2 aromatic rings. The molecule has 0 radical (unpaired) electrons. The summed E-state index contributed by atoms with van der Waals surface area (Å²) < 4.78 is 0. The Kier molecular flexibility index (Phi) is 4.88. The van der Waals surface area contributed by atoms with E-state index in [-0.39, 0.29) is 10.8 Å². The van der Waals surface area contributed by atoms with Crippen molar-refractivity contribution in [3.63, 3.8) is 0 Å². The Morgan fingerprint density at radius 2 is 0.846 bits per heavy atom. The molecule has 0 aliphatic heterocycles. The first kappa shape index (κ1) is 18.6. The standard InChI is InChI=1S/2C12H14O/c2*1-9(13)12(2)7-10-5-3-4-6-11(10)8-12/h2*3-6H,7-8H2,1-2H3. The number of fused-ring (bicyclic) bond motifs is 2. The van der Waals surface area contributed by atoms with Crippen LogP contribution in [-0.2, 0) is 35.3 Å². The van der Waals surface area contributed by atoms with E-state index in [9.17, 15) is 9.59 Å². The number of carbonyl (C=O) groups is 2. The second kappa shape index (κ2) is 6.83. The zero-order valence-corrected chi connectivity index (χ0v) is 16.3. The predicted octanol–water partition coefficient (Wildman–Crippen LogP) is 4.76. The molecule has 26 heavy (non-hydrogen) atoms. The number of Topliss-reactive ketones (excluding diaryl/α,β-unsaturated/α-hetero) is 2. The van der Waals surface area contributed by atoms with Crippen LogP contribution in [0.1, 0.15) is 49.9 Å². The van der Waals surface area contributed by atoms with Crippen LogP contribution in [0.5, 0.6) is 0 Å². The molecule has 0 N–H and O–H groups in total. The average Bonchev–Trinajstić information content (AvgIpc) is 3.12. The topological polar surface area (TPSA) is 34.1 Å². The lowest BCUT2D eigenvalue weighted by atomic mass is 9.83. The Balaban J connectivity index is 0.000000151. The first-order chi connectivity index (χ1) is 12.2. The zero-order valence-electron chi connectivity index (χ0n) is 16.3. The molecule has 0 unspecified atom stereocenters. The maximum atomic E-state index is 11.4. The van der Waals surface area contributed by atoms with Gasteiger partial charge in [-0.1, -0.05) is 62.4 Å².